The molecule has 1 N–H and O–H groups in total. The van der Waals surface area contributed by atoms with Crippen LogP contribution >= 0.6 is 0 Å². The SMILES string of the molecule is CCCc1ccc(NC(=O)c2cc(CN3CCN(C)CC3)cc(C(C)(F)F)c2)cc1C. The van der Waals surface area contributed by atoms with Crippen LogP contribution < -0.4 is 5.32 Å². The van der Waals surface area contributed by atoms with Crippen molar-refractivity contribution < 1.29 is 13.6 Å². The van der Waals surface area contributed by atoms with Crippen LogP contribution in [0.25, 0.3) is 0 Å². The van der Waals surface area contributed by atoms with Gasteiger partial charge in [0.25, 0.3) is 11.8 Å². The van der Waals surface area contributed by atoms with Crippen molar-refractivity contribution in [1.82, 2.24) is 9.80 Å². The molecular weight excluding hydrogens is 396 g/mol. The molecule has 2 aromatic rings. The summed E-state index contributed by atoms with van der Waals surface area (Å²) in [5.74, 6) is -3.38. The summed E-state index contributed by atoms with van der Waals surface area (Å²) in [5.41, 5.74) is 3.92. The highest BCUT2D eigenvalue weighted by Gasteiger charge is 2.27. The van der Waals surface area contributed by atoms with E-state index in [0.29, 0.717) is 12.2 Å². The number of anilines is 1. The summed E-state index contributed by atoms with van der Waals surface area (Å²) in [7, 11) is 2.08. The number of carbonyl (C=O) groups excluding carboxylic acids is 1. The number of benzene rings is 2. The number of rotatable bonds is 7. The molecule has 1 aliphatic rings. The number of hydrogen-bond donors (Lipinski definition) is 1. The van der Waals surface area contributed by atoms with E-state index in [1.165, 1.54) is 17.7 Å². The number of nitrogens with zero attached hydrogens (tertiary/aromatic N) is 2. The number of hydrogen-bond acceptors (Lipinski definition) is 3. The van der Waals surface area contributed by atoms with E-state index < -0.39 is 5.92 Å². The first-order valence-corrected chi connectivity index (χ1v) is 11.0. The van der Waals surface area contributed by atoms with Gasteiger partial charge in [0.1, 0.15) is 0 Å². The Morgan fingerprint density at radius 1 is 1.10 bits per heavy atom. The van der Waals surface area contributed by atoms with Crippen molar-refractivity contribution in [3.05, 3.63) is 64.2 Å². The van der Waals surface area contributed by atoms with Crippen LogP contribution in [-0.4, -0.2) is 48.9 Å². The monoisotopic (exact) mass is 429 g/mol. The van der Waals surface area contributed by atoms with E-state index in [1.807, 2.05) is 25.1 Å². The van der Waals surface area contributed by atoms with Crippen LogP contribution in [0.15, 0.2) is 36.4 Å². The maximum atomic E-state index is 14.2. The Hall–Kier alpha value is -2.31. The molecule has 1 amide bonds. The fraction of sp³-hybridized carbons (Fsp3) is 0.480. The Kier molecular flexibility index (Phi) is 7.44. The molecule has 2 aromatic carbocycles. The van der Waals surface area contributed by atoms with Crippen LogP contribution in [0, 0.1) is 6.92 Å². The fourth-order valence-electron chi connectivity index (χ4n) is 3.96. The smallest absolute Gasteiger partial charge is 0.270 e. The van der Waals surface area contributed by atoms with Gasteiger partial charge in [-0.25, -0.2) is 8.78 Å². The number of aryl methyl sites for hydroxylation is 2. The van der Waals surface area contributed by atoms with E-state index in [1.54, 1.807) is 6.07 Å². The first-order valence-electron chi connectivity index (χ1n) is 11.0. The van der Waals surface area contributed by atoms with Crippen LogP contribution in [0.5, 0.6) is 0 Å². The highest BCUT2D eigenvalue weighted by atomic mass is 19.3. The van der Waals surface area contributed by atoms with Gasteiger partial charge in [-0.2, -0.15) is 0 Å². The van der Waals surface area contributed by atoms with Crippen LogP contribution in [0.3, 0.4) is 0 Å². The molecule has 0 atom stereocenters. The lowest BCUT2D eigenvalue weighted by Gasteiger charge is -2.32. The van der Waals surface area contributed by atoms with E-state index in [0.717, 1.165) is 57.1 Å². The molecule has 0 bridgehead atoms. The van der Waals surface area contributed by atoms with E-state index in [-0.39, 0.29) is 17.0 Å². The van der Waals surface area contributed by atoms with Gasteiger partial charge in [-0.3, -0.25) is 9.69 Å². The molecule has 1 fully saturated rings. The third kappa shape index (κ3) is 6.34. The van der Waals surface area contributed by atoms with Gasteiger partial charge in [-0.1, -0.05) is 19.4 Å². The maximum absolute atomic E-state index is 14.2. The van der Waals surface area contributed by atoms with Crippen molar-refractivity contribution in [2.45, 2.75) is 46.1 Å². The largest absolute Gasteiger partial charge is 0.322 e. The molecule has 1 aliphatic heterocycles. The molecule has 4 nitrogen and oxygen atoms in total. The molecule has 0 unspecified atom stereocenters. The van der Waals surface area contributed by atoms with Crippen LogP contribution in [0.4, 0.5) is 14.5 Å². The zero-order valence-corrected chi connectivity index (χ0v) is 19.0. The third-order valence-electron chi connectivity index (χ3n) is 5.88. The molecule has 31 heavy (non-hydrogen) atoms. The molecule has 1 saturated heterocycles. The minimum atomic E-state index is -3.01. The number of piperazine rings is 1. The van der Waals surface area contributed by atoms with Gasteiger partial charge in [0.05, 0.1) is 0 Å². The normalized spacial score (nSPS) is 15.8. The Morgan fingerprint density at radius 2 is 1.81 bits per heavy atom. The van der Waals surface area contributed by atoms with Crippen molar-refractivity contribution in [3.63, 3.8) is 0 Å². The van der Waals surface area contributed by atoms with Gasteiger partial charge >= 0.3 is 0 Å². The van der Waals surface area contributed by atoms with Gasteiger partial charge in [0.15, 0.2) is 0 Å². The number of likely N-dealkylation sites (N-methyl/N-ethyl adjacent to an activating group) is 1. The zero-order chi connectivity index (χ0) is 22.6. The van der Waals surface area contributed by atoms with Crippen molar-refractivity contribution in [2.75, 3.05) is 38.5 Å². The second-order valence-electron chi connectivity index (χ2n) is 8.73. The Morgan fingerprint density at radius 3 is 2.42 bits per heavy atom. The molecule has 1 heterocycles. The van der Waals surface area contributed by atoms with Gasteiger partial charge < -0.3 is 10.2 Å². The van der Waals surface area contributed by atoms with Gasteiger partial charge in [0.2, 0.25) is 0 Å². The highest BCUT2D eigenvalue weighted by molar-refractivity contribution is 6.04. The van der Waals surface area contributed by atoms with E-state index in [9.17, 15) is 13.6 Å². The molecule has 0 aromatic heterocycles. The van der Waals surface area contributed by atoms with Gasteiger partial charge in [-0.05, 0) is 67.4 Å². The Bertz CT molecular complexity index is 915. The maximum Gasteiger partial charge on any atom is 0.270 e. The summed E-state index contributed by atoms with van der Waals surface area (Å²) >= 11 is 0. The summed E-state index contributed by atoms with van der Waals surface area (Å²) in [6.45, 7) is 9.25. The van der Waals surface area contributed by atoms with E-state index in [2.05, 4.69) is 29.1 Å². The van der Waals surface area contributed by atoms with Crippen LogP contribution in [0.2, 0.25) is 0 Å². The molecule has 0 radical (unpaired) electrons. The average molecular weight is 430 g/mol. The quantitative estimate of drug-likeness (QED) is 0.668. The molecule has 0 aliphatic carbocycles. The Labute approximate surface area is 184 Å². The molecule has 168 valence electrons. The fourth-order valence-corrected chi connectivity index (χ4v) is 3.96. The highest BCUT2D eigenvalue weighted by Crippen LogP contribution is 2.29. The first-order chi connectivity index (χ1) is 14.7. The number of carbonyl (C=O) groups is 1. The molecule has 3 rings (SSSR count). The lowest BCUT2D eigenvalue weighted by Crippen LogP contribution is -2.43. The number of halogens is 2. The number of amides is 1. The second kappa shape index (κ2) is 9.88. The summed E-state index contributed by atoms with van der Waals surface area (Å²) in [5, 5.41) is 2.88. The van der Waals surface area contributed by atoms with Crippen molar-refractivity contribution in [3.8, 4) is 0 Å². The predicted octanol–water partition coefficient (Wildman–Crippen LogP) is 5.06. The second-order valence-corrected chi connectivity index (χ2v) is 8.73. The summed E-state index contributed by atoms with van der Waals surface area (Å²) < 4.78 is 28.3. The molecular formula is C25H33F2N3O. The van der Waals surface area contributed by atoms with Crippen molar-refractivity contribution in [2.24, 2.45) is 0 Å². The summed E-state index contributed by atoms with van der Waals surface area (Å²) in [4.78, 5) is 17.4. The van der Waals surface area contributed by atoms with Crippen LogP contribution in [-0.2, 0) is 18.9 Å². The molecule has 0 spiro atoms. The lowest BCUT2D eigenvalue weighted by atomic mass is 10.0. The van der Waals surface area contributed by atoms with Crippen LogP contribution in [0.1, 0.15) is 52.9 Å². The topological polar surface area (TPSA) is 35.6 Å². The summed E-state index contributed by atoms with van der Waals surface area (Å²) in [6.07, 6.45) is 2.05. The van der Waals surface area contributed by atoms with E-state index in [4.69, 9.17) is 0 Å². The zero-order valence-electron chi connectivity index (χ0n) is 19.0. The third-order valence-corrected chi connectivity index (χ3v) is 5.88. The number of alkyl halides is 2. The Balaban J connectivity index is 1.81. The average Bonchev–Trinajstić information content (AvgIpc) is 2.71. The van der Waals surface area contributed by atoms with Gasteiger partial charge in [0, 0.05) is 56.5 Å². The minimum Gasteiger partial charge on any atom is -0.322 e. The minimum absolute atomic E-state index is 0.126. The van der Waals surface area contributed by atoms with Gasteiger partial charge in [-0.15, -0.1) is 0 Å². The summed E-state index contributed by atoms with van der Waals surface area (Å²) in [6, 6.07) is 10.4. The predicted molar refractivity (Wildman–Crippen MR) is 122 cm³/mol. The van der Waals surface area contributed by atoms with Crippen molar-refractivity contribution in [1.29, 1.82) is 0 Å². The first kappa shape index (κ1) is 23.4. The standard InChI is InChI=1S/C25H33F2N3O/c1-5-6-20-7-8-23(13-18(20)2)28-24(31)21-14-19(15-22(16-21)25(3,26)27)17-30-11-9-29(4)10-12-30/h7-8,13-16H,5-6,9-12,17H2,1-4H3,(H,28,31). The van der Waals surface area contributed by atoms with Crippen molar-refractivity contribution >= 4 is 11.6 Å². The van der Waals surface area contributed by atoms with E-state index >= 15 is 0 Å². The number of nitrogens with one attached hydrogen (secondary N) is 1. The molecule has 0 saturated carbocycles. The molecule has 6 heteroatoms. The lowest BCUT2D eigenvalue weighted by molar-refractivity contribution is 0.0173.